The topological polar surface area (TPSA) is 26.3 Å². The first-order valence-corrected chi connectivity index (χ1v) is 3.91. The highest BCUT2D eigenvalue weighted by Gasteiger charge is 1.97. The van der Waals surface area contributed by atoms with E-state index >= 15 is 0 Å². The molecule has 0 aliphatic carbocycles. The lowest BCUT2D eigenvalue weighted by molar-refractivity contribution is -0.137. The van der Waals surface area contributed by atoms with Crippen LogP contribution in [-0.2, 0) is 16.1 Å². The van der Waals surface area contributed by atoms with Gasteiger partial charge in [-0.15, -0.1) is 6.42 Å². The smallest absolute Gasteiger partial charge is 0.384 e. The predicted molar refractivity (Wildman–Crippen MR) is 49.8 cm³/mol. The van der Waals surface area contributed by atoms with Crippen LogP contribution in [0.2, 0.25) is 0 Å². The molecule has 0 saturated carbocycles. The number of carbonyl (C=O) groups excluding carboxylic acids is 1. The number of aryl methyl sites for hydroxylation is 1. The Bertz CT molecular complexity index is 330. The van der Waals surface area contributed by atoms with Crippen LogP contribution in [0.4, 0.5) is 0 Å². The van der Waals surface area contributed by atoms with Crippen molar-refractivity contribution in [3.05, 3.63) is 35.4 Å². The normalized spacial score (nSPS) is 8.92. The predicted octanol–water partition coefficient (Wildman–Crippen LogP) is 1.67. The minimum atomic E-state index is -0.624. The van der Waals surface area contributed by atoms with Gasteiger partial charge in [0.15, 0.2) is 0 Å². The summed E-state index contributed by atoms with van der Waals surface area (Å²) in [6.07, 6.45) is 4.84. The summed E-state index contributed by atoms with van der Waals surface area (Å²) >= 11 is 0. The molecule has 0 fully saturated rings. The average Bonchev–Trinajstić information content (AvgIpc) is 2.16. The highest BCUT2D eigenvalue weighted by molar-refractivity contribution is 5.87. The van der Waals surface area contributed by atoms with Crippen molar-refractivity contribution in [3.63, 3.8) is 0 Å². The zero-order valence-electron chi connectivity index (χ0n) is 7.41. The van der Waals surface area contributed by atoms with E-state index in [2.05, 4.69) is 0 Å². The zero-order valence-corrected chi connectivity index (χ0v) is 7.41. The van der Waals surface area contributed by atoms with Gasteiger partial charge in [0.1, 0.15) is 6.61 Å². The molecule has 13 heavy (non-hydrogen) atoms. The second-order valence-corrected chi connectivity index (χ2v) is 2.71. The number of esters is 1. The molecule has 0 spiro atoms. The molecule has 0 aliphatic rings. The number of rotatable bonds is 2. The second-order valence-electron chi connectivity index (χ2n) is 2.71. The Hall–Kier alpha value is -1.75. The van der Waals surface area contributed by atoms with Gasteiger partial charge in [-0.05, 0) is 12.5 Å². The number of terminal acetylenes is 1. The Morgan fingerprint density at radius 3 is 2.62 bits per heavy atom. The van der Waals surface area contributed by atoms with Gasteiger partial charge in [0.25, 0.3) is 0 Å². The molecule has 0 radical (unpaired) electrons. The molecule has 0 bridgehead atoms. The van der Waals surface area contributed by atoms with E-state index in [0.717, 1.165) is 5.56 Å². The molecule has 1 rings (SSSR count). The van der Waals surface area contributed by atoms with Crippen LogP contribution in [-0.4, -0.2) is 5.97 Å². The fourth-order valence-electron chi connectivity index (χ4n) is 0.875. The van der Waals surface area contributed by atoms with Crippen LogP contribution in [0.15, 0.2) is 24.3 Å². The van der Waals surface area contributed by atoms with Crippen LogP contribution < -0.4 is 0 Å². The lowest BCUT2D eigenvalue weighted by Crippen LogP contribution is -2.00. The van der Waals surface area contributed by atoms with Crippen LogP contribution in [0.3, 0.4) is 0 Å². The first-order chi connectivity index (χ1) is 6.22. The van der Waals surface area contributed by atoms with Gasteiger partial charge in [-0.3, -0.25) is 0 Å². The number of benzene rings is 1. The number of ether oxygens (including phenoxy) is 1. The summed E-state index contributed by atoms with van der Waals surface area (Å²) in [6, 6.07) is 7.72. The van der Waals surface area contributed by atoms with Gasteiger partial charge in [0, 0.05) is 5.92 Å². The van der Waals surface area contributed by atoms with Crippen LogP contribution in [0.1, 0.15) is 11.1 Å². The van der Waals surface area contributed by atoms with Gasteiger partial charge in [-0.1, -0.05) is 29.8 Å². The third-order valence-corrected chi connectivity index (χ3v) is 1.61. The van der Waals surface area contributed by atoms with E-state index in [-0.39, 0.29) is 6.61 Å². The molecule has 2 heteroatoms. The number of hydrogen-bond acceptors (Lipinski definition) is 2. The van der Waals surface area contributed by atoms with E-state index in [4.69, 9.17) is 11.2 Å². The molecule has 0 unspecified atom stereocenters. The van der Waals surface area contributed by atoms with Crippen molar-refractivity contribution in [1.29, 1.82) is 0 Å². The Morgan fingerprint density at radius 2 is 2.08 bits per heavy atom. The molecule has 0 N–H and O–H groups in total. The Kier molecular flexibility index (Phi) is 3.10. The summed E-state index contributed by atoms with van der Waals surface area (Å²) in [5.41, 5.74) is 2.11. The van der Waals surface area contributed by atoms with E-state index in [1.807, 2.05) is 37.1 Å². The maximum Gasteiger partial charge on any atom is 0.384 e. The minimum Gasteiger partial charge on any atom is -0.451 e. The summed E-state index contributed by atoms with van der Waals surface area (Å²) in [4.78, 5) is 10.6. The maximum absolute atomic E-state index is 10.6. The van der Waals surface area contributed by atoms with Gasteiger partial charge < -0.3 is 4.74 Å². The second kappa shape index (κ2) is 4.32. The van der Waals surface area contributed by atoms with Crippen LogP contribution >= 0.6 is 0 Å². The van der Waals surface area contributed by atoms with Gasteiger partial charge in [0.05, 0.1) is 0 Å². The summed E-state index contributed by atoms with van der Waals surface area (Å²) in [7, 11) is 0. The SMILES string of the molecule is C#CC(=O)OCc1ccc(C)cc1. The molecule has 0 aliphatic heterocycles. The average molecular weight is 174 g/mol. The van der Waals surface area contributed by atoms with Crippen molar-refractivity contribution in [2.75, 3.05) is 0 Å². The van der Waals surface area contributed by atoms with Gasteiger partial charge in [-0.25, -0.2) is 4.79 Å². The Balaban J connectivity index is 2.52. The van der Waals surface area contributed by atoms with Crippen molar-refractivity contribution in [2.45, 2.75) is 13.5 Å². The highest BCUT2D eigenvalue weighted by atomic mass is 16.5. The van der Waals surface area contributed by atoms with E-state index in [1.165, 1.54) is 5.56 Å². The van der Waals surface area contributed by atoms with Crippen molar-refractivity contribution < 1.29 is 9.53 Å². The first kappa shape index (κ1) is 9.34. The standard InChI is InChI=1S/C11H10O2/c1-3-11(12)13-8-10-6-4-9(2)5-7-10/h1,4-7H,8H2,2H3. The monoisotopic (exact) mass is 174 g/mol. The minimum absolute atomic E-state index is 0.239. The third-order valence-electron chi connectivity index (χ3n) is 1.61. The van der Waals surface area contributed by atoms with Gasteiger partial charge in [0.2, 0.25) is 0 Å². The van der Waals surface area contributed by atoms with E-state index in [1.54, 1.807) is 0 Å². The largest absolute Gasteiger partial charge is 0.451 e. The van der Waals surface area contributed by atoms with Crippen LogP contribution in [0.25, 0.3) is 0 Å². The Labute approximate surface area is 77.5 Å². The fraction of sp³-hybridized carbons (Fsp3) is 0.182. The maximum atomic E-state index is 10.6. The summed E-state index contributed by atoms with van der Waals surface area (Å²) in [5.74, 6) is 1.26. The van der Waals surface area contributed by atoms with Crippen molar-refractivity contribution in [1.82, 2.24) is 0 Å². The van der Waals surface area contributed by atoms with Crippen LogP contribution in [0.5, 0.6) is 0 Å². The molecule has 66 valence electrons. The van der Waals surface area contributed by atoms with Crippen molar-refractivity contribution in [2.24, 2.45) is 0 Å². The molecule has 0 aromatic heterocycles. The van der Waals surface area contributed by atoms with Crippen molar-refractivity contribution >= 4 is 5.97 Å². The van der Waals surface area contributed by atoms with Gasteiger partial charge in [-0.2, -0.15) is 0 Å². The third kappa shape index (κ3) is 3.00. The number of carbonyl (C=O) groups is 1. The van der Waals surface area contributed by atoms with E-state index < -0.39 is 5.97 Å². The fourth-order valence-corrected chi connectivity index (χ4v) is 0.875. The molecule has 0 amide bonds. The molecular formula is C11H10O2. The first-order valence-electron chi connectivity index (χ1n) is 3.91. The zero-order chi connectivity index (χ0) is 9.68. The van der Waals surface area contributed by atoms with Crippen LogP contribution in [0, 0.1) is 19.3 Å². The summed E-state index contributed by atoms with van der Waals surface area (Å²) in [6.45, 7) is 2.24. The molecule has 0 heterocycles. The summed E-state index contributed by atoms with van der Waals surface area (Å²) in [5, 5.41) is 0. The quantitative estimate of drug-likeness (QED) is 0.387. The molecule has 2 nitrogen and oxygen atoms in total. The highest BCUT2D eigenvalue weighted by Crippen LogP contribution is 2.04. The molecule has 1 aromatic rings. The lowest BCUT2D eigenvalue weighted by Gasteiger charge is -2.00. The summed E-state index contributed by atoms with van der Waals surface area (Å²) < 4.78 is 4.74. The molecule has 1 aromatic carbocycles. The van der Waals surface area contributed by atoms with E-state index in [0.29, 0.717) is 0 Å². The van der Waals surface area contributed by atoms with Crippen molar-refractivity contribution in [3.8, 4) is 12.3 Å². The molecular weight excluding hydrogens is 164 g/mol. The Morgan fingerprint density at radius 1 is 1.46 bits per heavy atom. The molecule has 0 saturated heterocycles. The molecule has 0 atom stereocenters. The number of hydrogen-bond donors (Lipinski definition) is 0. The van der Waals surface area contributed by atoms with E-state index in [9.17, 15) is 4.79 Å². The van der Waals surface area contributed by atoms with Gasteiger partial charge >= 0.3 is 5.97 Å². The lowest BCUT2D eigenvalue weighted by atomic mass is 10.2.